The van der Waals surface area contributed by atoms with Crippen LogP contribution in [0.25, 0.3) is 0 Å². The molecule has 1 unspecified atom stereocenters. The molecule has 5 heteroatoms. The third-order valence-electron chi connectivity index (χ3n) is 3.69. The van der Waals surface area contributed by atoms with Crippen LogP contribution in [0.1, 0.15) is 35.5 Å². The van der Waals surface area contributed by atoms with Gasteiger partial charge in [-0.25, -0.2) is 0 Å². The van der Waals surface area contributed by atoms with E-state index in [1.807, 2.05) is 31.8 Å². The van der Waals surface area contributed by atoms with Crippen molar-refractivity contribution in [2.24, 2.45) is 7.05 Å². The minimum absolute atomic E-state index is 0.247. The molecule has 0 bridgehead atoms. The van der Waals surface area contributed by atoms with Crippen molar-refractivity contribution in [2.75, 3.05) is 7.05 Å². The smallest absolute Gasteiger partial charge is 0.131 e. The number of nitrogens with one attached hydrogen (secondary N) is 1. The van der Waals surface area contributed by atoms with Gasteiger partial charge in [0.25, 0.3) is 0 Å². The molecule has 2 aromatic rings. The second kappa shape index (κ2) is 6.62. The van der Waals surface area contributed by atoms with Gasteiger partial charge in [-0.2, -0.15) is 5.10 Å². The Morgan fingerprint density at radius 3 is 2.67 bits per heavy atom. The Hall–Kier alpha value is -1.33. The Kier molecular flexibility index (Phi) is 5.06. The molecule has 2 rings (SSSR count). The lowest BCUT2D eigenvalue weighted by molar-refractivity contribution is 0.288. The first kappa shape index (κ1) is 16.0. The average molecular weight is 352 g/mol. The summed E-state index contributed by atoms with van der Waals surface area (Å²) >= 11 is 3.57. The molecular formula is C16H22BrN3O. The summed E-state index contributed by atoms with van der Waals surface area (Å²) in [7, 11) is 3.89. The molecule has 4 nitrogen and oxygen atoms in total. The first-order chi connectivity index (χ1) is 9.93. The number of halogens is 1. The standard InChI is InChI=1S/C16H22BrN3O/c1-10-6-7-15(13(8-10)11(2)18-4)21-9-14-16(17)12(3)19-20(14)5/h6-8,11,18H,9H2,1-5H3. The van der Waals surface area contributed by atoms with Crippen LogP contribution < -0.4 is 10.1 Å². The maximum Gasteiger partial charge on any atom is 0.131 e. The van der Waals surface area contributed by atoms with E-state index in [0.29, 0.717) is 6.61 Å². The molecule has 0 amide bonds. The molecule has 114 valence electrons. The lowest BCUT2D eigenvalue weighted by atomic mass is 10.0. The fraction of sp³-hybridized carbons (Fsp3) is 0.438. The third kappa shape index (κ3) is 3.47. The lowest BCUT2D eigenvalue weighted by Gasteiger charge is -2.17. The van der Waals surface area contributed by atoms with Crippen LogP contribution in [-0.4, -0.2) is 16.8 Å². The molecule has 0 spiro atoms. The summed E-state index contributed by atoms with van der Waals surface area (Å²) in [5, 5.41) is 7.66. The van der Waals surface area contributed by atoms with Gasteiger partial charge in [0, 0.05) is 18.7 Å². The molecule has 0 aliphatic rings. The van der Waals surface area contributed by atoms with E-state index in [1.54, 1.807) is 0 Å². The van der Waals surface area contributed by atoms with Crippen molar-refractivity contribution < 1.29 is 4.74 Å². The van der Waals surface area contributed by atoms with Gasteiger partial charge in [-0.05, 0) is 49.8 Å². The van der Waals surface area contributed by atoms with Crippen molar-refractivity contribution in [2.45, 2.75) is 33.4 Å². The van der Waals surface area contributed by atoms with Crippen LogP contribution in [0.3, 0.4) is 0 Å². The highest BCUT2D eigenvalue weighted by Gasteiger charge is 2.14. The minimum atomic E-state index is 0.247. The van der Waals surface area contributed by atoms with E-state index < -0.39 is 0 Å². The van der Waals surface area contributed by atoms with E-state index >= 15 is 0 Å². The number of benzene rings is 1. The lowest BCUT2D eigenvalue weighted by Crippen LogP contribution is -2.14. The van der Waals surface area contributed by atoms with Gasteiger partial charge in [-0.3, -0.25) is 4.68 Å². The molecule has 1 N–H and O–H groups in total. The molecule has 1 aromatic carbocycles. The van der Waals surface area contributed by atoms with Crippen LogP contribution in [0, 0.1) is 13.8 Å². The monoisotopic (exact) mass is 351 g/mol. The topological polar surface area (TPSA) is 39.1 Å². The molecule has 21 heavy (non-hydrogen) atoms. The molecule has 0 saturated heterocycles. The summed E-state index contributed by atoms with van der Waals surface area (Å²) in [6, 6.07) is 6.53. The van der Waals surface area contributed by atoms with E-state index in [-0.39, 0.29) is 6.04 Å². The number of hydrogen-bond acceptors (Lipinski definition) is 3. The van der Waals surface area contributed by atoms with Crippen molar-refractivity contribution >= 4 is 15.9 Å². The van der Waals surface area contributed by atoms with Crippen molar-refractivity contribution in [1.29, 1.82) is 0 Å². The Bertz CT molecular complexity index is 637. The minimum Gasteiger partial charge on any atom is -0.487 e. The summed E-state index contributed by atoms with van der Waals surface area (Å²) in [5.74, 6) is 0.910. The molecule has 1 heterocycles. The number of ether oxygens (including phenoxy) is 1. The first-order valence-corrected chi connectivity index (χ1v) is 7.82. The molecule has 0 radical (unpaired) electrons. The van der Waals surface area contributed by atoms with Gasteiger partial charge in [-0.1, -0.05) is 17.7 Å². The van der Waals surface area contributed by atoms with Crippen LogP contribution in [0.5, 0.6) is 5.75 Å². The number of hydrogen-bond donors (Lipinski definition) is 1. The summed E-state index contributed by atoms with van der Waals surface area (Å²) < 4.78 is 8.92. The molecule has 0 fully saturated rings. The van der Waals surface area contributed by atoms with Gasteiger partial charge < -0.3 is 10.1 Å². The fourth-order valence-electron chi connectivity index (χ4n) is 2.28. The Morgan fingerprint density at radius 1 is 1.38 bits per heavy atom. The van der Waals surface area contributed by atoms with Crippen LogP contribution in [0.2, 0.25) is 0 Å². The van der Waals surface area contributed by atoms with Gasteiger partial charge in [-0.15, -0.1) is 0 Å². The number of rotatable bonds is 5. The quantitative estimate of drug-likeness (QED) is 0.893. The normalized spacial score (nSPS) is 12.5. The predicted octanol–water partition coefficient (Wildman–Crippen LogP) is 3.66. The van der Waals surface area contributed by atoms with E-state index in [2.05, 4.69) is 52.3 Å². The zero-order chi connectivity index (χ0) is 15.6. The number of aryl methyl sites for hydroxylation is 3. The second-order valence-corrected chi connectivity index (χ2v) is 6.10. The molecule has 1 atom stereocenters. The SMILES string of the molecule is CNC(C)c1cc(C)ccc1OCc1c(Br)c(C)nn1C. The Morgan fingerprint density at radius 2 is 2.10 bits per heavy atom. The average Bonchev–Trinajstić information content (AvgIpc) is 2.70. The highest BCUT2D eigenvalue weighted by molar-refractivity contribution is 9.10. The van der Waals surface area contributed by atoms with E-state index in [4.69, 9.17) is 4.74 Å². The van der Waals surface area contributed by atoms with Crippen LogP contribution in [-0.2, 0) is 13.7 Å². The number of aromatic nitrogens is 2. The van der Waals surface area contributed by atoms with Crippen LogP contribution in [0.15, 0.2) is 22.7 Å². The van der Waals surface area contributed by atoms with E-state index in [9.17, 15) is 0 Å². The zero-order valence-electron chi connectivity index (χ0n) is 13.2. The van der Waals surface area contributed by atoms with Gasteiger partial charge >= 0.3 is 0 Å². The van der Waals surface area contributed by atoms with E-state index in [1.165, 1.54) is 11.1 Å². The molecule has 0 aliphatic carbocycles. The molecular weight excluding hydrogens is 330 g/mol. The van der Waals surface area contributed by atoms with Crippen LogP contribution in [0.4, 0.5) is 0 Å². The van der Waals surface area contributed by atoms with Gasteiger partial charge in [0.15, 0.2) is 0 Å². The Labute approximate surface area is 134 Å². The second-order valence-electron chi connectivity index (χ2n) is 5.31. The maximum absolute atomic E-state index is 6.05. The summed E-state index contributed by atoms with van der Waals surface area (Å²) in [6.07, 6.45) is 0. The fourth-order valence-corrected chi connectivity index (χ4v) is 2.73. The van der Waals surface area contributed by atoms with Crippen molar-refractivity contribution in [3.05, 3.63) is 45.2 Å². The zero-order valence-corrected chi connectivity index (χ0v) is 14.8. The molecule has 1 aromatic heterocycles. The van der Waals surface area contributed by atoms with Crippen molar-refractivity contribution in [3.8, 4) is 5.75 Å². The highest BCUT2D eigenvalue weighted by Crippen LogP contribution is 2.28. The van der Waals surface area contributed by atoms with Crippen molar-refractivity contribution in [3.63, 3.8) is 0 Å². The molecule has 0 saturated carbocycles. The third-order valence-corrected chi connectivity index (χ3v) is 4.72. The Balaban J connectivity index is 2.24. The first-order valence-electron chi connectivity index (χ1n) is 7.02. The maximum atomic E-state index is 6.05. The van der Waals surface area contributed by atoms with Crippen molar-refractivity contribution in [1.82, 2.24) is 15.1 Å². The summed E-state index contributed by atoms with van der Waals surface area (Å²) in [6.45, 7) is 6.70. The summed E-state index contributed by atoms with van der Waals surface area (Å²) in [5.41, 5.74) is 4.42. The van der Waals surface area contributed by atoms with Crippen LogP contribution >= 0.6 is 15.9 Å². The van der Waals surface area contributed by atoms with Gasteiger partial charge in [0.2, 0.25) is 0 Å². The largest absolute Gasteiger partial charge is 0.487 e. The van der Waals surface area contributed by atoms with E-state index in [0.717, 1.165) is 21.6 Å². The molecule has 0 aliphatic heterocycles. The number of nitrogens with zero attached hydrogens (tertiary/aromatic N) is 2. The highest BCUT2D eigenvalue weighted by atomic mass is 79.9. The summed E-state index contributed by atoms with van der Waals surface area (Å²) in [4.78, 5) is 0. The predicted molar refractivity (Wildman–Crippen MR) is 88.6 cm³/mol. The van der Waals surface area contributed by atoms with Gasteiger partial charge in [0.1, 0.15) is 12.4 Å². The van der Waals surface area contributed by atoms with Gasteiger partial charge in [0.05, 0.1) is 15.9 Å².